The van der Waals surface area contributed by atoms with Gasteiger partial charge in [0.15, 0.2) is 5.84 Å². The Morgan fingerprint density at radius 2 is 1.58 bits per heavy atom. The van der Waals surface area contributed by atoms with Gasteiger partial charge in [-0.1, -0.05) is 71.1 Å². The minimum absolute atomic E-state index is 0.0576. The van der Waals surface area contributed by atoms with E-state index in [4.69, 9.17) is 0 Å². The number of nitrogens with zero attached hydrogens (tertiary/aromatic N) is 2. The lowest BCUT2D eigenvalue weighted by molar-refractivity contribution is -0.784. The summed E-state index contributed by atoms with van der Waals surface area (Å²) in [6, 6.07) is 0. The average molecular weight is 341 g/mol. The second kappa shape index (κ2) is 10.1. The van der Waals surface area contributed by atoms with E-state index in [2.05, 4.69) is 11.9 Å². The van der Waals surface area contributed by atoms with Gasteiger partial charge in [0.2, 0.25) is 5.54 Å². The smallest absolute Gasteiger partial charge is 0.337 e. The SMILES string of the molecule is CCCCCCCCCCCCC1(C(=O)O)C[N+]([O-])(CC)C(C)=N1. The largest absolute Gasteiger partial charge is 0.626 e. The maximum absolute atomic E-state index is 12.5. The molecule has 0 saturated heterocycles. The first-order valence-electron chi connectivity index (χ1n) is 9.78. The first-order chi connectivity index (χ1) is 11.4. The summed E-state index contributed by atoms with van der Waals surface area (Å²) >= 11 is 0. The second-order valence-electron chi connectivity index (χ2n) is 7.29. The summed E-state index contributed by atoms with van der Waals surface area (Å²) < 4.78 is -0.579. The molecule has 1 heterocycles. The Morgan fingerprint density at radius 3 is 2.00 bits per heavy atom. The third-order valence-electron chi connectivity index (χ3n) is 5.34. The molecular weight excluding hydrogens is 304 g/mol. The standard InChI is InChI=1S/C19H36N2O3/c1-4-6-7-8-9-10-11-12-13-14-15-19(18(22)23)16-21(24,5-2)17(3)20-19/h4-16H2,1-3H3,(H,22,23). The molecular formula is C19H36N2O3. The quantitative estimate of drug-likeness (QED) is 0.295. The summed E-state index contributed by atoms with van der Waals surface area (Å²) in [7, 11) is 0. The molecule has 0 aromatic rings. The fraction of sp³-hybridized carbons (Fsp3) is 0.895. The molecule has 0 aromatic heterocycles. The molecule has 0 amide bonds. The van der Waals surface area contributed by atoms with Crippen LogP contribution in [0.15, 0.2) is 4.99 Å². The lowest BCUT2D eigenvalue weighted by Crippen LogP contribution is -2.50. The third kappa shape index (κ3) is 5.85. The molecule has 24 heavy (non-hydrogen) atoms. The molecule has 0 radical (unpaired) electrons. The number of carbonyl (C=O) groups is 1. The van der Waals surface area contributed by atoms with Gasteiger partial charge in [0.25, 0.3) is 0 Å². The predicted octanol–water partition coefficient (Wildman–Crippen LogP) is 4.89. The van der Waals surface area contributed by atoms with Crippen molar-refractivity contribution in [2.45, 2.75) is 96.9 Å². The van der Waals surface area contributed by atoms with Crippen molar-refractivity contribution in [3.63, 3.8) is 0 Å². The Bertz CT molecular complexity index is 425. The molecule has 0 spiro atoms. The fourth-order valence-electron chi connectivity index (χ4n) is 3.58. The minimum Gasteiger partial charge on any atom is -0.626 e. The Labute approximate surface area is 147 Å². The van der Waals surface area contributed by atoms with Crippen molar-refractivity contribution in [1.82, 2.24) is 0 Å². The predicted molar refractivity (Wildman–Crippen MR) is 99.0 cm³/mol. The number of hydroxylamine groups is 3. The summed E-state index contributed by atoms with van der Waals surface area (Å²) in [5.41, 5.74) is -1.19. The lowest BCUT2D eigenvalue weighted by atomic mass is 9.92. The number of likely N-dealkylation sites (N-methyl/N-ethyl adjacent to an activating group) is 1. The molecule has 0 bridgehead atoms. The van der Waals surface area contributed by atoms with Crippen molar-refractivity contribution in [1.29, 1.82) is 0 Å². The molecule has 2 atom stereocenters. The summed E-state index contributed by atoms with van der Waals surface area (Å²) in [5, 5.41) is 22.1. The molecule has 1 aliphatic rings. The van der Waals surface area contributed by atoms with Crippen molar-refractivity contribution in [3.05, 3.63) is 5.21 Å². The van der Waals surface area contributed by atoms with E-state index < -0.39 is 16.2 Å². The van der Waals surface area contributed by atoms with Crippen LogP contribution >= 0.6 is 0 Å². The molecule has 0 aromatic carbocycles. The van der Waals surface area contributed by atoms with Crippen LogP contribution in [0.25, 0.3) is 0 Å². The van der Waals surface area contributed by atoms with Crippen LogP contribution in [0.5, 0.6) is 0 Å². The highest BCUT2D eigenvalue weighted by molar-refractivity contribution is 5.87. The molecule has 140 valence electrons. The Kier molecular flexibility index (Phi) is 8.92. The first kappa shape index (κ1) is 21.1. The number of carboxylic acids is 1. The topological polar surface area (TPSA) is 72.7 Å². The first-order valence-corrected chi connectivity index (χ1v) is 9.78. The van der Waals surface area contributed by atoms with Crippen molar-refractivity contribution in [2.75, 3.05) is 13.1 Å². The minimum atomic E-state index is -1.19. The highest BCUT2D eigenvalue weighted by Gasteiger charge is 2.50. The maximum atomic E-state index is 12.5. The van der Waals surface area contributed by atoms with Crippen LogP contribution in [0.1, 0.15) is 91.4 Å². The number of hydrogen-bond acceptors (Lipinski definition) is 3. The number of quaternary nitrogens is 1. The number of aliphatic carboxylic acids is 1. The van der Waals surface area contributed by atoms with Crippen LogP contribution in [-0.2, 0) is 4.79 Å². The third-order valence-corrected chi connectivity index (χ3v) is 5.34. The molecule has 1 aliphatic heterocycles. The molecule has 2 unspecified atom stereocenters. The van der Waals surface area contributed by atoms with E-state index in [0.717, 1.165) is 19.3 Å². The van der Waals surface area contributed by atoms with Gasteiger partial charge in [0, 0.05) is 6.92 Å². The zero-order valence-corrected chi connectivity index (χ0v) is 15.9. The van der Waals surface area contributed by atoms with E-state index in [-0.39, 0.29) is 6.54 Å². The number of amidine groups is 1. The highest BCUT2D eigenvalue weighted by Crippen LogP contribution is 2.32. The summed E-state index contributed by atoms with van der Waals surface area (Å²) in [6.07, 6.45) is 12.6. The van der Waals surface area contributed by atoms with E-state index in [1.807, 2.05) is 0 Å². The molecule has 5 heteroatoms. The van der Waals surface area contributed by atoms with Crippen LogP contribution in [0, 0.1) is 5.21 Å². The zero-order valence-electron chi connectivity index (χ0n) is 15.9. The average Bonchev–Trinajstić information content (AvgIpc) is 2.82. The van der Waals surface area contributed by atoms with Gasteiger partial charge in [-0.3, -0.25) is 0 Å². The normalized spacial score (nSPS) is 26.6. The molecule has 0 aliphatic carbocycles. The maximum Gasteiger partial charge on any atom is 0.337 e. The number of aliphatic imine (C=N–C) groups is 1. The van der Waals surface area contributed by atoms with Crippen LogP contribution in [-0.4, -0.2) is 40.2 Å². The fourth-order valence-corrected chi connectivity index (χ4v) is 3.58. The van der Waals surface area contributed by atoms with Crippen LogP contribution in [0.4, 0.5) is 0 Å². The van der Waals surface area contributed by atoms with Crippen molar-refractivity contribution >= 4 is 11.8 Å². The van der Waals surface area contributed by atoms with Crippen LogP contribution in [0.3, 0.4) is 0 Å². The van der Waals surface area contributed by atoms with Crippen molar-refractivity contribution < 1.29 is 14.5 Å². The molecule has 1 N–H and O–H groups in total. The lowest BCUT2D eigenvalue weighted by Gasteiger charge is -2.38. The summed E-state index contributed by atoms with van der Waals surface area (Å²) in [6.45, 7) is 6.10. The van der Waals surface area contributed by atoms with Gasteiger partial charge in [-0.2, -0.15) is 0 Å². The number of carboxylic acid groups (broad SMARTS) is 1. The van der Waals surface area contributed by atoms with Crippen LogP contribution in [0.2, 0.25) is 0 Å². The van der Waals surface area contributed by atoms with Gasteiger partial charge >= 0.3 is 5.97 Å². The van der Waals surface area contributed by atoms with Gasteiger partial charge in [-0.15, -0.1) is 0 Å². The van der Waals surface area contributed by atoms with Gasteiger partial charge < -0.3 is 15.0 Å². The van der Waals surface area contributed by atoms with Gasteiger partial charge in [-0.25, -0.2) is 9.79 Å². The zero-order chi connectivity index (χ0) is 18.1. The highest BCUT2D eigenvalue weighted by atomic mass is 16.6. The molecule has 0 saturated carbocycles. The van der Waals surface area contributed by atoms with E-state index in [1.165, 1.54) is 44.9 Å². The van der Waals surface area contributed by atoms with Crippen molar-refractivity contribution in [2.24, 2.45) is 4.99 Å². The Balaban J connectivity index is 2.26. The summed E-state index contributed by atoms with van der Waals surface area (Å²) in [4.78, 5) is 16.0. The molecule has 5 nitrogen and oxygen atoms in total. The Morgan fingerprint density at radius 1 is 1.08 bits per heavy atom. The van der Waals surface area contributed by atoms with Crippen LogP contribution < -0.4 is 0 Å². The monoisotopic (exact) mass is 340 g/mol. The Hall–Kier alpha value is -0.940. The van der Waals surface area contributed by atoms with E-state index in [0.29, 0.717) is 18.8 Å². The molecule has 0 fully saturated rings. The second-order valence-corrected chi connectivity index (χ2v) is 7.29. The number of hydrogen-bond donors (Lipinski definition) is 1. The molecule has 1 rings (SSSR count). The van der Waals surface area contributed by atoms with Gasteiger partial charge in [0.05, 0.1) is 6.54 Å². The van der Waals surface area contributed by atoms with Gasteiger partial charge in [-0.05, 0) is 13.3 Å². The number of unbranched alkanes of at least 4 members (excludes halogenated alkanes) is 9. The van der Waals surface area contributed by atoms with E-state index in [9.17, 15) is 15.1 Å². The van der Waals surface area contributed by atoms with Crippen molar-refractivity contribution in [3.8, 4) is 0 Å². The van der Waals surface area contributed by atoms with Gasteiger partial charge in [0.1, 0.15) is 6.54 Å². The number of rotatable bonds is 13. The van der Waals surface area contributed by atoms with E-state index >= 15 is 0 Å². The summed E-state index contributed by atoms with van der Waals surface area (Å²) in [5.74, 6) is -0.533. The van der Waals surface area contributed by atoms with E-state index in [1.54, 1.807) is 13.8 Å².